The minimum atomic E-state index is -0.335. The van der Waals surface area contributed by atoms with E-state index in [1.807, 2.05) is 48.5 Å². The Kier molecular flexibility index (Phi) is 7.02. The summed E-state index contributed by atoms with van der Waals surface area (Å²) in [4.78, 5) is 15.5. The lowest BCUT2D eigenvalue weighted by atomic mass is 9.82. The molecule has 4 nitrogen and oxygen atoms in total. The summed E-state index contributed by atoms with van der Waals surface area (Å²) in [5.74, 6) is 0. The monoisotopic (exact) mass is 721 g/mol. The fourth-order valence-electron chi connectivity index (χ4n) is 8.93. The third kappa shape index (κ3) is 4.89. The number of para-hydroxylation sites is 3. The van der Waals surface area contributed by atoms with Crippen LogP contribution in [0.2, 0.25) is 0 Å². The Hall–Kier alpha value is -7.17. The number of rotatable bonds is 5. The van der Waals surface area contributed by atoms with Crippen LogP contribution in [0.5, 0.6) is 0 Å². The van der Waals surface area contributed by atoms with Crippen molar-refractivity contribution in [1.82, 2.24) is 0 Å². The molecule has 0 radical (unpaired) electrons. The van der Waals surface area contributed by atoms with Gasteiger partial charge in [0.05, 0.1) is 5.39 Å². The van der Waals surface area contributed by atoms with Crippen molar-refractivity contribution in [1.29, 1.82) is 0 Å². The summed E-state index contributed by atoms with van der Waals surface area (Å²) >= 11 is 0. The summed E-state index contributed by atoms with van der Waals surface area (Å²) in [5.41, 5.74) is 14.3. The molecular formula is C52H35NO3. The van der Waals surface area contributed by atoms with Crippen molar-refractivity contribution in [2.75, 3.05) is 4.90 Å². The molecule has 10 aromatic rings. The van der Waals surface area contributed by atoms with Gasteiger partial charge in [0.25, 0.3) is 0 Å². The van der Waals surface area contributed by atoms with Crippen LogP contribution in [0, 0.1) is 0 Å². The van der Waals surface area contributed by atoms with E-state index in [-0.39, 0.29) is 11.0 Å². The number of hydrogen-bond donors (Lipinski definition) is 0. The van der Waals surface area contributed by atoms with E-state index in [1.165, 1.54) is 22.3 Å². The molecule has 0 atom stereocenters. The first-order valence-electron chi connectivity index (χ1n) is 19.0. The Labute approximate surface area is 323 Å². The minimum absolute atomic E-state index is 0.152. The van der Waals surface area contributed by atoms with Crippen LogP contribution in [-0.2, 0) is 5.41 Å². The minimum Gasteiger partial charge on any atom is -0.455 e. The van der Waals surface area contributed by atoms with E-state index in [2.05, 4.69) is 146 Å². The predicted octanol–water partition coefficient (Wildman–Crippen LogP) is 14.0. The first-order valence-corrected chi connectivity index (χ1v) is 19.0. The highest BCUT2D eigenvalue weighted by atomic mass is 16.4. The molecule has 0 spiro atoms. The summed E-state index contributed by atoms with van der Waals surface area (Å²) in [6.07, 6.45) is 0. The molecule has 0 saturated heterocycles. The smallest absolute Gasteiger partial charge is 0.344 e. The maximum Gasteiger partial charge on any atom is 0.344 e. The first-order chi connectivity index (χ1) is 27.4. The van der Waals surface area contributed by atoms with Crippen LogP contribution in [0.3, 0.4) is 0 Å². The van der Waals surface area contributed by atoms with Crippen molar-refractivity contribution in [3.8, 4) is 33.4 Å². The standard InChI is InChI=1S/C52H35NO3/c1-52(2)46-18-6-3-13-40(46)41-28-26-37(31-47(41)52)53(35-24-21-32(22-25-35)38-16-10-17-44-43-15-5-7-19-48(43)55-50(38)44)36-12-9-11-33(29-36)34-23-27-39-42-14-4-8-20-49(42)56-51(54)45(39)30-34/h3-31H,1-2H3. The largest absolute Gasteiger partial charge is 0.455 e. The van der Waals surface area contributed by atoms with Crippen LogP contribution in [0.15, 0.2) is 190 Å². The van der Waals surface area contributed by atoms with Gasteiger partial charge in [-0.05, 0) is 98.9 Å². The molecule has 8 aromatic carbocycles. The van der Waals surface area contributed by atoms with E-state index in [9.17, 15) is 4.79 Å². The zero-order valence-corrected chi connectivity index (χ0v) is 30.9. The highest BCUT2D eigenvalue weighted by Gasteiger charge is 2.35. The molecular weight excluding hydrogens is 687 g/mol. The maximum atomic E-state index is 13.2. The number of nitrogens with zero attached hydrogens (tertiary/aromatic N) is 1. The lowest BCUT2D eigenvalue weighted by Crippen LogP contribution is -2.16. The van der Waals surface area contributed by atoms with Gasteiger partial charge in [-0.15, -0.1) is 0 Å². The zero-order chi connectivity index (χ0) is 37.5. The molecule has 11 rings (SSSR count). The SMILES string of the molecule is CC1(C)c2ccccc2-c2ccc(N(c3ccc(-c4cccc5c4oc4ccccc45)cc3)c3cccc(-c4ccc5c(c4)c(=O)oc4ccccc45)c3)cc21. The lowest BCUT2D eigenvalue weighted by molar-refractivity contribution is 0.569. The Morgan fingerprint density at radius 1 is 0.411 bits per heavy atom. The molecule has 56 heavy (non-hydrogen) atoms. The molecule has 0 bridgehead atoms. The van der Waals surface area contributed by atoms with Gasteiger partial charge in [-0.3, -0.25) is 0 Å². The molecule has 0 fully saturated rings. The number of benzene rings is 8. The molecule has 2 aromatic heterocycles. The van der Waals surface area contributed by atoms with Crippen LogP contribution in [0.1, 0.15) is 25.0 Å². The van der Waals surface area contributed by atoms with E-state index >= 15 is 0 Å². The molecule has 0 unspecified atom stereocenters. The van der Waals surface area contributed by atoms with Gasteiger partial charge in [-0.25, -0.2) is 4.79 Å². The van der Waals surface area contributed by atoms with Gasteiger partial charge in [-0.1, -0.05) is 135 Å². The van der Waals surface area contributed by atoms with Crippen molar-refractivity contribution < 1.29 is 8.83 Å². The molecule has 0 N–H and O–H groups in total. The number of furan rings is 1. The van der Waals surface area contributed by atoms with Crippen LogP contribution in [-0.4, -0.2) is 0 Å². The highest BCUT2D eigenvalue weighted by molar-refractivity contribution is 6.09. The Bertz CT molecular complexity index is 3260. The van der Waals surface area contributed by atoms with Gasteiger partial charge in [-0.2, -0.15) is 0 Å². The van der Waals surface area contributed by atoms with Crippen molar-refractivity contribution >= 4 is 60.7 Å². The van der Waals surface area contributed by atoms with Gasteiger partial charge < -0.3 is 13.7 Å². The highest BCUT2D eigenvalue weighted by Crippen LogP contribution is 2.51. The summed E-state index contributed by atoms with van der Waals surface area (Å²) < 4.78 is 12.1. The van der Waals surface area contributed by atoms with Gasteiger partial charge in [0, 0.05) is 44.2 Å². The van der Waals surface area contributed by atoms with Crippen LogP contribution < -0.4 is 10.5 Å². The molecule has 0 aliphatic heterocycles. The Morgan fingerprint density at radius 2 is 1.02 bits per heavy atom. The van der Waals surface area contributed by atoms with Crippen LogP contribution in [0.25, 0.3) is 77.1 Å². The maximum absolute atomic E-state index is 13.2. The predicted molar refractivity (Wildman–Crippen MR) is 230 cm³/mol. The lowest BCUT2D eigenvalue weighted by Gasteiger charge is -2.28. The summed E-state index contributed by atoms with van der Waals surface area (Å²) in [6.45, 7) is 4.64. The fraction of sp³-hybridized carbons (Fsp3) is 0.0577. The zero-order valence-electron chi connectivity index (χ0n) is 30.9. The second-order valence-electron chi connectivity index (χ2n) is 15.3. The molecule has 0 saturated carbocycles. The normalized spacial score (nSPS) is 13.0. The number of anilines is 3. The molecule has 1 aliphatic rings. The molecule has 0 amide bonds. The van der Waals surface area contributed by atoms with Crippen molar-refractivity contribution in [3.05, 3.63) is 197 Å². The van der Waals surface area contributed by atoms with E-state index in [1.54, 1.807) is 0 Å². The second-order valence-corrected chi connectivity index (χ2v) is 15.3. The third-order valence-electron chi connectivity index (χ3n) is 11.7. The molecule has 266 valence electrons. The van der Waals surface area contributed by atoms with Crippen LogP contribution in [0.4, 0.5) is 17.1 Å². The first kappa shape index (κ1) is 32.3. The molecule has 2 heterocycles. The Morgan fingerprint density at radius 3 is 1.86 bits per heavy atom. The summed E-state index contributed by atoms with van der Waals surface area (Å²) in [5, 5.41) is 4.61. The third-order valence-corrected chi connectivity index (χ3v) is 11.7. The van der Waals surface area contributed by atoms with E-state index < -0.39 is 0 Å². The molecule has 1 aliphatic carbocycles. The Balaban J connectivity index is 1.05. The van der Waals surface area contributed by atoms with Crippen molar-refractivity contribution in [2.24, 2.45) is 0 Å². The van der Waals surface area contributed by atoms with Crippen LogP contribution >= 0.6 is 0 Å². The molecule has 4 heteroatoms. The number of fused-ring (bicyclic) bond motifs is 9. The van der Waals surface area contributed by atoms with E-state index in [0.29, 0.717) is 11.0 Å². The van der Waals surface area contributed by atoms with E-state index in [4.69, 9.17) is 8.83 Å². The number of hydrogen-bond acceptors (Lipinski definition) is 4. The topological polar surface area (TPSA) is 46.6 Å². The van der Waals surface area contributed by atoms with Crippen molar-refractivity contribution in [3.63, 3.8) is 0 Å². The average molecular weight is 722 g/mol. The van der Waals surface area contributed by atoms with Crippen molar-refractivity contribution in [2.45, 2.75) is 19.3 Å². The summed E-state index contributed by atoms with van der Waals surface area (Å²) in [7, 11) is 0. The van der Waals surface area contributed by atoms with Gasteiger partial charge >= 0.3 is 5.63 Å². The fourth-order valence-corrected chi connectivity index (χ4v) is 8.93. The average Bonchev–Trinajstić information content (AvgIpc) is 3.73. The summed E-state index contributed by atoms with van der Waals surface area (Å²) in [6, 6.07) is 61.3. The van der Waals surface area contributed by atoms with Gasteiger partial charge in [0.15, 0.2) is 0 Å². The quantitative estimate of drug-likeness (QED) is 0.131. The van der Waals surface area contributed by atoms with Gasteiger partial charge in [0.1, 0.15) is 16.7 Å². The van der Waals surface area contributed by atoms with Gasteiger partial charge in [0.2, 0.25) is 0 Å². The second kappa shape index (κ2) is 12.2. The van der Waals surface area contributed by atoms with E-state index in [0.717, 1.165) is 72.0 Å².